The van der Waals surface area contributed by atoms with Crippen molar-refractivity contribution < 1.29 is 4.79 Å². The first kappa shape index (κ1) is 13.2. The summed E-state index contributed by atoms with van der Waals surface area (Å²) in [6.45, 7) is 0. The number of carbonyl (C=O) groups is 1. The van der Waals surface area contributed by atoms with Crippen LogP contribution in [0.5, 0.6) is 0 Å². The van der Waals surface area contributed by atoms with Gasteiger partial charge in [-0.2, -0.15) is 0 Å². The first-order chi connectivity index (χ1) is 8.71. The van der Waals surface area contributed by atoms with Crippen molar-refractivity contribution in [3.63, 3.8) is 0 Å². The fourth-order valence-corrected chi connectivity index (χ4v) is 3.41. The van der Waals surface area contributed by atoms with Gasteiger partial charge in [0.25, 0.3) is 0 Å². The van der Waals surface area contributed by atoms with Crippen LogP contribution in [-0.4, -0.2) is 11.5 Å². The molecule has 0 spiro atoms. The van der Waals surface area contributed by atoms with Crippen molar-refractivity contribution in [2.24, 2.45) is 0 Å². The summed E-state index contributed by atoms with van der Waals surface area (Å²) < 4.78 is -0.829. The van der Waals surface area contributed by atoms with Gasteiger partial charge in [0.1, 0.15) is 4.75 Å². The molecule has 0 unspecified atom stereocenters. The molecule has 0 heterocycles. The molecular formula is C15H13ClOS. The second kappa shape index (κ2) is 5.59. The van der Waals surface area contributed by atoms with Crippen LogP contribution in [0.15, 0.2) is 60.7 Å². The molecule has 0 radical (unpaired) electrons. The lowest BCUT2D eigenvalue weighted by atomic mass is 9.91. The highest BCUT2D eigenvalue weighted by Crippen LogP contribution is 2.43. The Morgan fingerprint density at radius 2 is 1.33 bits per heavy atom. The van der Waals surface area contributed by atoms with E-state index in [0.717, 1.165) is 11.1 Å². The second-order valence-electron chi connectivity index (χ2n) is 3.89. The molecule has 2 rings (SSSR count). The minimum Gasteiger partial charge on any atom is -0.279 e. The topological polar surface area (TPSA) is 17.1 Å². The normalized spacial score (nSPS) is 11.2. The number of halogens is 1. The third-order valence-corrected chi connectivity index (χ3v) is 4.61. The second-order valence-corrected chi connectivity index (χ2v) is 5.25. The molecule has 0 aromatic heterocycles. The fourth-order valence-electron chi connectivity index (χ4n) is 2.06. The Kier molecular flexibility index (Phi) is 4.10. The van der Waals surface area contributed by atoms with Crippen molar-refractivity contribution in [3.05, 3.63) is 71.8 Å². The maximum Gasteiger partial charge on any atom is 0.246 e. The van der Waals surface area contributed by atoms with Crippen molar-refractivity contribution in [2.45, 2.75) is 4.75 Å². The van der Waals surface area contributed by atoms with E-state index in [9.17, 15) is 4.79 Å². The summed E-state index contributed by atoms with van der Waals surface area (Å²) in [5.74, 6) is 0. The molecule has 0 aliphatic rings. The van der Waals surface area contributed by atoms with Gasteiger partial charge in [-0.1, -0.05) is 60.7 Å². The Balaban J connectivity index is 2.65. The molecule has 1 nitrogen and oxygen atoms in total. The van der Waals surface area contributed by atoms with E-state index >= 15 is 0 Å². The lowest BCUT2D eigenvalue weighted by molar-refractivity contribution is -0.113. The molecule has 0 amide bonds. The predicted octanol–water partition coefficient (Wildman–Crippen LogP) is 4.06. The lowest BCUT2D eigenvalue weighted by Crippen LogP contribution is -2.30. The van der Waals surface area contributed by atoms with Gasteiger partial charge in [0.2, 0.25) is 5.24 Å². The highest BCUT2D eigenvalue weighted by Gasteiger charge is 2.40. The van der Waals surface area contributed by atoms with E-state index in [0.29, 0.717) is 0 Å². The Hall–Kier alpha value is -1.25. The molecule has 0 bridgehead atoms. The van der Waals surface area contributed by atoms with Crippen LogP contribution in [0.3, 0.4) is 0 Å². The minimum absolute atomic E-state index is 0.368. The number of thioether (sulfide) groups is 1. The molecule has 2 aromatic rings. The van der Waals surface area contributed by atoms with Crippen LogP contribution < -0.4 is 0 Å². The maximum atomic E-state index is 12.0. The van der Waals surface area contributed by atoms with Crippen molar-refractivity contribution in [3.8, 4) is 0 Å². The first-order valence-electron chi connectivity index (χ1n) is 5.58. The molecule has 0 aliphatic heterocycles. The van der Waals surface area contributed by atoms with Crippen molar-refractivity contribution in [2.75, 3.05) is 6.26 Å². The van der Waals surface area contributed by atoms with E-state index in [1.807, 2.05) is 66.9 Å². The minimum atomic E-state index is -0.829. The van der Waals surface area contributed by atoms with Crippen LogP contribution in [-0.2, 0) is 9.54 Å². The molecule has 0 aliphatic carbocycles. The number of carbonyl (C=O) groups excluding carboxylic acids is 1. The largest absolute Gasteiger partial charge is 0.279 e. The number of rotatable bonds is 4. The van der Waals surface area contributed by atoms with Gasteiger partial charge in [0.05, 0.1) is 0 Å². The monoisotopic (exact) mass is 276 g/mol. The molecule has 0 N–H and O–H groups in total. The highest BCUT2D eigenvalue weighted by atomic mass is 35.5. The Bertz CT molecular complexity index is 485. The molecule has 0 atom stereocenters. The molecule has 0 saturated heterocycles. The fraction of sp³-hybridized carbons (Fsp3) is 0.133. The molecule has 0 saturated carbocycles. The van der Waals surface area contributed by atoms with Gasteiger partial charge in [-0.05, 0) is 29.0 Å². The number of hydrogen-bond acceptors (Lipinski definition) is 2. The molecule has 18 heavy (non-hydrogen) atoms. The Labute approximate surface area is 116 Å². The summed E-state index contributed by atoms with van der Waals surface area (Å²) in [6.07, 6.45) is 1.90. The zero-order chi connectivity index (χ0) is 13.0. The summed E-state index contributed by atoms with van der Waals surface area (Å²) in [6, 6.07) is 19.3. The van der Waals surface area contributed by atoms with E-state index in [1.165, 1.54) is 11.8 Å². The lowest BCUT2D eigenvalue weighted by Gasteiger charge is -2.29. The van der Waals surface area contributed by atoms with Crippen molar-refractivity contribution >= 4 is 28.6 Å². The van der Waals surface area contributed by atoms with E-state index in [1.54, 1.807) is 0 Å². The van der Waals surface area contributed by atoms with Crippen LogP contribution in [0.2, 0.25) is 0 Å². The average Bonchev–Trinajstić information content (AvgIpc) is 2.42. The third-order valence-electron chi connectivity index (χ3n) is 2.94. The van der Waals surface area contributed by atoms with E-state index in [2.05, 4.69) is 0 Å². The van der Waals surface area contributed by atoms with Crippen LogP contribution in [0.1, 0.15) is 11.1 Å². The molecule has 92 valence electrons. The van der Waals surface area contributed by atoms with Gasteiger partial charge in [-0.25, -0.2) is 0 Å². The van der Waals surface area contributed by atoms with Gasteiger partial charge in [0.15, 0.2) is 0 Å². The highest BCUT2D eigenvalue weighted by molar-refractivity contribution is 8.00. The average molecular weight is 277 g/mol. The summed E-state index contributed by atoms with van der Waals surface area (Å²) in [4.78, 5) is 12.0. The van der Waals surface area contributed by atoms with Crippen LogP contribution in [0.4, 0.5) is 0 Å². The third kappa shape index (κ3) is 2.18. The Morgan fingerprint density at radius 3 is 1.61 bits per heavy atom. The summed E-state index contributed by atoms with van der Waals surface area (Å²) in [7, 11) is 0. The number of benzene rings is 2. The van der Waals surface area contributed by atoms with Gasteiger partial charge in [-0.3, -0.25) is 4.79 Å². The van der Waals surface area contributed by atoms with E-state index in [-0.39, 0.29) is 5.24 Å². The quantitative estimate of drug-likeness (QED) is 0.784. The zero-order valence-electron chi connectivity index (χ0n) is 9.97. The van der Waals surface area contributed by atoms with Crippen LogP contribution in [0, 0.1) is 0 Å². The molecule has 3 heteroatoms. The standard InChI is InChI=1S/C15H13ClOS/c1-18-15(14(16)17,12-8-4-2-5-9-12)13-10-6-3-7-11-13/h2-11H,1H3. The summed E-state index contributed by atoms with van der Waals surface area (Å²) >= 11 is 7.36. The first-order valence-corrected chi connectivity index (χ1v) is 7.18. The van der Waals surface area contributed by atoms with Gasteiger partial charge in [-0.15, -0.1) is 11.8 Å². The van der Waals surface area contributed by atoms with E-state index < -0.39 is 4.75 Å². The van der Waals surface area contributed by atoms with Crippen LogP contribution >= 0.6 is 23.4 Å². The maximum absolute atomic E-state index is 12.0. The Morgan fingerprint density at radius 1 is 0.944 bits per heavy atom. The molecule has 2 aromatic carbocycles. The van der Waals surface area contributed by atoms with Gasteiger partial charge < -0.3 is 0 Å². The predicted molar refractivity (Wildman–Crippen MR) is 78.0 cm³/mol. The smallest absolute Gasteiger partial charge is 0.246 e. The van der Waals surface area contributed by atoms with Gasteiger partial charge in [0, 0.05) is 0 Å². The van der Waals surface area contributed by atoms with E-state index in [4.69, 9.17) is 11.6 Å². The molecular weight excluding hydrogens is 264 g/mol. The van der Waals surface area contributed by atoms with Crippen LogP contribution in [0.25, 0.3) is 0 Å². The number of hydrogen-bond donors (Lipinski definition) is 0. The SMILES string of the molecule is CSC(C(=O)Cl)(c1ccccc1)c1ccccc1. The summed E-state index contributed by atoms with van der Waals surface area (Å²) in [5.41, 5.74) is 1.81. The summed E-state index contributed by atoms with van der Waals surface area (Å²) in [5, 5.41) is -0.368. The molecule has 0 fully saturated rings. The van der Waals surface area contributed by atoms with Crippen molar-refractivity contribution in [1.82, 2.24) is 0 Å². The van der Waals surface area contributed by atoms with Crippen molar-refractivity contribution in [1.29, 1.82) is 0 Å². The van der Waals surface area contributed by atoms with Gasteiger partial charge >= 0.3 is 0 Å². The zero-order valence-corrected chi connectivity index (χ0v) is 11.5.